The largest absolute Gasteiger partial charge is 0.370 e. The Balaban J connectivity index is 2.03. The zero-order chi connectivity index (χ0) is 15.3. The summed E-state index contributed by atoms with van der Waals surface area (Å²) in [6.07, 6.45) is 9.09. The zero-order valence-corrected chi connectivity index (χ0v) is 13.6. The van der Waals surface area contributed by atoms with Crippen LogP contribution in [0.25, 0.3) is 0 Å². The summed E-state index contributed by atoms with van der Waals surface area (Å²) >= 11 is 0. The maximum atomic E-state index is 12.5. The van der Waals surface area contributed by atoms with Crippen LogP contribution in [0.4, 0.5) is 0 Å². The Morgan fingerprint density at radius 1 is 1.10 bits per heavy atom. The summed E-state index contributed by atoms with van der Waals surface area (Å²) in [5.74, 6) is 0.849. The molecule has 1 amide bonds. The molecule has 0 unspecified atom stereocenters. The van der Waals surface area contributed by atoms with Crippen LogP contribution >= 0.6 is 0 Å². The SMILES string of the molecule is CN(C)C(=O)C1(CN=C(N)N2CCCCCC2)CCCC1. The molecule has 0 aromatic rings. The average Bonchev–Trinajstić information content (AvgIpc) is 2.78. The summed E-state index contributed by atoms with van der Waals surface area (Å²) in [4.78, 5) is 21.0. The van der Waals surface area contributed by atoms with Gasteiger partial charge in [0, 0.05) is 27.2 Å². The molecule has 1 saturated heterocycles. The van der Waals surface area contributed by atoms with E-state index in [9.17, 15) is 4.79 Å². The topological polar surface area (TPSA) is 61.9 Å². The second-order valence-corrected chi connectivity index (χ2v) is 6.76. The van der Waals surface area contributed by atoms with E-state index >= 15 is 0 Å². The molecule has 1 aliphatic heterocycles. The van der Waals surface area contributed by atoms with Crippen molar-refractivity contribution < 1.29 is 4.79 Å². The molecule has 5 nitrogen and oxygen atoms in total. The van der Waals surface area contributed by atoms with Gasteiger partial charge in [0.05, 0.1) is 12.0 Å². The highest BCUT2D eigenvalue weighted by Gasteiger charge is 2.42. The van der Waals surface area contributed by atoms with E-state index in [4.69, 9.17) is 5.73 Å². The van der Waals surface area contributed by atoms with Crippen LogP contribution < -0.4 is 5.73 Å². The second kappa shape index (κ2) is 7.14. The van der Waals surface area contributed by atoms with E-state index in [2.05, 4.69) is 9.89 Å². The zero-order valence-electron chi connectivity index (χ0n) is 13.6. The lowest BCUT2D eigenvalue weighted by Crippen LogP contribution is -2.43. The first-order valence-corrected chi connectivity index (χ1v) is 8.32. The molecule has 1 heterocycles. The Bertz CT molecular complexity index is 378. The summed E-state index contributed by atoms with van der Waals surface area (Å²) < 4.78 is 0. The van der Waals surface area contributed by atoms with Crippen molar-refractivity contribution in [2.45, 2.75) is 51.4 Å². The van der Waals surface area contributed by atoms with E-state index in [0.29, 0.717) is 12.5 Å². The highest BCUT2D eigenvalue weighted by Crippen LogP contribution is 2.39. The summed E-state index contributed by atoms with van der Waals surface area (Å²) in [7, 11) is 3.68. The molecule has 0 atom stereocenters. The number of carbonyl (C=O) groups excluding carboxylic acids is 1. The van der Waals surface area contributed by atoms with Crippen LogP contribution in [0.1, 0.15) is 51.4 Å². The third kappa shape index (κ3) is 3.89. The van der Waals surface area contributed by atoms with E-state index < -0.39 is 0 Å². The number of carbonyl (C=O) groups is 1. The van der Waals surface area contributed by atoms with E-state index in [0.717, 1.165) is 38.8 Å². The molecule has 0 spiro atoms. The molecule has 2 rings (SSSR count). The molecule has 2 aliphatic rings. The van der Waals surface area contributed by atoms with Crippen molar-refractivity contribution in [2.75, 3.05) is 33.7 Å². The van der Waals surface area contributed by atoms with Crippen molar-refractivity contribution in [3.8, 4) is 0 Å². The fraction of sp³-hybridized carbons (Fsp3) is 0.875. The lowest BCUT2D eigenvalue weighted by Gasteiger charge is -2.30. The van der Waals surface area contributed by atoms with Crippen LogP contribution in [0, 0.1) is 5.41 Å². The van der Waals surface area contributed by atoms with E-state index in [1.807, 2.05) is 14.1 Å². The van der Waals surface area contributed by atoms with E-state index in [1.54, 1.807) is 4.90 Å². The maximum Gasteiger partial charge on any atom is 0.230 e. The lowest BCUT2D eigenvalue weighted by molar-refractivity contribution is -0.138. The number of likely N-dealkylation sites (tertiary alicyclic amines) is 1. The Hall–Kier alpha value is -1.26. The summed E-state index contributed by atoms with van der Waals surface area (Å²) in [5.41, 5.74) is 5.88. The number of amides is 1. The van der Waals surface area contributed by atoms with Gasteiger partial charge in [-0.1, -0.05) is 25.7 Å². The fourth-order valence-corrected chi connectivity index (χ4v) is 3.60. The summed E-state index contributed by atoms with van der Waals surface area (Å²) in [6.45, 7) is 2.56. The van der Waals surface area contributed by atoms with Gasteiger partial charge in [0.25, 0.3) is 0 Å². The van der Waals surface area contributed by atoms with Gasteiger partial charge in [-0.05, 0) is 25.7 Å². The molecule has 0 bridgehead atoms. The van der Waals surface area contributed by atoms with Crippen LogP contribution in [0.3, 0.4) is 0 Å². The van der Waals surface area contributed by atoms with Crippen LogP contribution in [-0.2, 0) is 4.79 Å². The van der Waals surface area contributed by atoms with Crippen molar-refractivity contribution in [3.63, 3.8) is 0 Å². The third-order valence-electron chi connectivity index (χ3n) is 4.89. The second-order valence-electron chi connectivity index (χ2n) is 6.76. The number of hydrogen-bond acceptors (Lipinski definition) is 2. The minimum atomic E-state index is -0.306. The molecule has 120 valence electrons. The van der Waals surface area contributed by atoms with Gasteiger partial charge >= 0.3 is 0 Å². The van der Waals surface area contributed by atoms with Crippen LogP contribution in [0.15, 0.2) is 4.99 Å². The van der Waals surface area contributed by atoms with E-state index in [-0.39, 0.29) is 11.3 Å². The van der Waals surface area contributed by atoms with Gasteiger partial charge in [-0.2, -0.15) is 0 Å². The first-order chi connectivity index (χ1) is 10.1. The molecule has 2 N–H and O–H groups in total. The molecule has 1 saturated carbocycles. The molecule has 0 aromatic heterocycles. The molecule has 0 radical (unpaired) electrons. The smallest absolute Gasteiger partial charge is 0.230 e. The van der Waals surface area contributed by atoms with Gasteiger partial charge in [0.2, 0.25) is 5.91 Å². The number of aliphatic imine (C=N–C) groups is 1. The normalized spacial score (nSPS) is 23.0. The van der Waals surface area contributed by atoms with Gasteiger partial charge < -0.3 is 15.5 Å². The third-order valence-corrected chi connectivity index (χ3v) is 4.89. The molecule has 21 heavy (non-hydrogen) atoms. The van der Waals surface area contributed by atoms with Gasteiger partial charge in [-0.3, -0.25) is 9.79 Å². The van der Waals surface area contributed by atoms with Crippen molar-refractivity contribution >= 4 is 11.9 Å². The lowest BCUT2D eigenvalue weighted by atomic mass is 9.85. The Labute approximate surface area is 128 Å². The van der Waals surface area contributed by atoms with E-state index in [1.165, 1.54) is 25.7 Å². The Morgan fingerprint density at radius 3 is 2.19 bits per heavy atom. The standard InChI is InChI=1S/C16H30N4O/c1-19(2)14(21)16(9-5-6-10-16)13-18-15(17)20-11-7-3-4-8-12-20/h3-13H2,1-2H3,(H2,17,18). The molecular formula is C16H30N4O. The van der Waals surface area contributed by atoms with Crippen molar-refractivity contribution in [2.24, 2.45) is 16.1 Å². The minimum absolute atomic E-state index is 0.215. The first kappa shape index (κ1) is 16.1. The molecule has 1 aliphatic carbocycles. The highest BCUT2D eigenvalue weighted by molar-refractivity contribution is 5.84. The first-order valence-electron chi connectivity index (χ1n) is 8.32. The summed E-state index contributed by atoms with van der Waals surface area (Å²) in [5, 5.41) is 0. The number of rotatable bonds is 3. The Kier molecular flexibility index (Phi) is 5.48. The Morgan fingerprint density at radius 2 is 1.67 bits per heavy atom. The van der Waals surface area contributed by atoms with Crippen molar-refractivity contribution in [1.29, 1.82) is 0 Å². The van der Waals surface area contributed by atoms with Crippen LogP contribution in [0.2, 0.25) is 0 Å². The number of nitrogens with zero attached hydrogens (tertiary/aromatic N) is 3. The molecule has 2 fully saturated rings. The molecule has 0 aromatic carbocycles. The summed E-state index contributed by atoms with van der Waals surface area (Å²) in [6, 6.07) is 0. The predicted octanol–water partition coefficient (Wildman–Crippen LogP) is 1.83. The van der Waals surface area contributed by atoms with Crippen LogP contribution in [-0.4, -0.2) is 55.4 Å². The average molecular weight is 294 g/mol. The highest BCUT2D eigenvalue weighted by atomic mass is 16.2. The van der Waals surface area contributed by atoms with Gasteiger partial charge in [-0.15, -0.1) is 0 Å². The quantitative estimate of drug-likeness (QED) is 0.638. The number of hydrogen-bond donors (Lipinski definition) is 1. The molecular weight excluding hydrogens is 264 g/mol. The van der Waals surface area contributed by atoms with Gasteiger partial charge in [0.15, 0.2) is 5.96 Å². The number of guanidine groups is 1. The fourth-order valence-electron chi connectivity index (χ4n) is 3.60. The van der Waals surface area contributed by atoms with Crippen molar-refractivity contribution in [3.05, 3.63) is 0 Å². The monoisotopic (exact) mass is 294 g/mol. The van der Waals surface area contributed by atoms with Gasteiger partial charge in [0.1, 0.15) is 0 Å². The van der Waals surface area contributed by atoms with Crippen molar-refractivity contribution in [1.82, 2.24) is 9.80 Å². The minimum Gasteiger partial charge on any atom is -0.370 e. The molecule has 5 heteroatoms. The maximum absolute atomic E-state index is 12.5. The number of nitrogens with two attached hydrogens (primary N) is 1. The van der Waals surface area contributed by atoms with Crippen LogP contribution in [0.5, 0.6) is 0 Å². The van der Waals surface area contributed by atoms with Gasteiger partial charge in [-0.25, -0.2) is 0 Å². The predicted molar refractivity (Wildman–Crippen MR) is 86.1 cm³/mol.